The van der Waals surface area contributed by atoms with Crippen LogP contribution in [0.5, 0.6) is 0 Å². The zero-order chi connectivity index (χ0) is 18.3. The van der Waals surface area contributed by atoms with Gasteiger partial charge in [-0.05, 0) is 44.7 Å². The summed E-state index contributed by atoms with van der Waals surface area (Å²) >= 11 is 0. The second-order valence-electron chi connectivity index (χ2n) is 7.42. The summed E-state index contributed by atoms with van der Waals surface area (Å²) in [6, 6.07) is 6.87. The fraction of sp³-hybridized carbons (Fsp3) is 0.474. The molecule has 2 N–H and O–H groups in total. The highest BCUT2D eigenvalue weighted by Crippen LogP contribution is 2.40. The molecule has 2 fully saturated rings. The molecule has 0 bridgehead atoms. The number of carboxylic acid groups (broad SMARTS) is 1. The number of benzene rings is 1. The first-order valence-corrected chi connectivity index (χ1v) is 9.03. The molecule has 2 aliphatic rings. The second-order valence-corrected chi connectivity index (χ2v) is 7.42. The van der Waals surface area contributed by atoms with E-state index in [4.69, 9.17) is 0 Å². The Labute approximate surface area is 151 Å². The number of carbonyl (C=O) groups excluding carboxylic acids is 1. The van der Waals surface area contributed by atoms with Gasteiger partial charge in [0.05, 0.1) is 23.7 Å². The van der Waals surface area contributed by atoms with Crippen LogP contribution in [0.1, 0.15) is 59.3 Å². The number of hydrogen-bond acceptors (Lipinski definition) is 4. The zero-order valence-corrected chi connectivity index (χ0v) is 14.6. The zero-order valence-electron chi connectivity index (χ0n) is 14.6. The van der Waals surface area contributed by atoms with Crippen molar-refractivity contribution in [3.05, 3.63) is 47.3 Å². The Morgan fingerprint density at radius 3 is 2.58 bits per heavy atom. The number of carboxylic acids is 1. The van der Waals surface area contributed by atoms with E-state index < -0.39 is 11.9 Å². The third-order valence-corrected chi connectivity index (χ3v) is 5.37. The van der Waals surface area contributed by atoms with Gasteiger partial charge in [-0.25, -0.2) is 4.68 Å². The Morgan fingerprint density at radius 2 is 1.92 bits per heavy atom. The molecule has 1 aromatic carbocycles. The lowest BCUT2D eigenvalue weighted by Crippen LogP contribution is -2.38. The third-order valence-electron chi connectivity index (χ3n) is 5.37. The number of aliphatic carboxylic acids is 1. The maximum absolute atomic E-state index is 12.6. The summed E-state index contributed by atoms with van der Waals surface area (Å²) in [5.74, 6) is -1.02. The maximum atomic E-state index is 12.6. The minimum atomic E-state index is -0.829. The lowest BCUT2D eigenvalue weighted by Gasteiger charge is -2.20. The first-order chi connectivity index (χ1) is 12.5. The average Bonchev–Trinajstić information content (AvgIpc) is 3.19. The minimum absolute atomic E-state index is 0.187. The molecule has 26 heavy (non-hydrogen) atoms. The molecule has 1 aromatic heterocycles. The molecular weight excluding hydrogens is 332 g/mol. The van der Waals surface area contributed by atoms with Crippen LogP contribution in [0.4, 0.5) is 0 Å². The molecule has 136 valence electrons. The fourth-order valence-electron chi connectivity index (χ4n) is 3.64. The molecule has 1 unspecified atom stereocenters. The number of rotatable bonds is 5. The van der Waals surface area contributed by atoms with Gasteiger partial charge in [0.2, 0.25) is 0 Å². The van der Waals surface area contributed by atoms with Crippen molar-refractivity contribution in [1.29, 1.82) is 0 Å². The maximum Gasteiger partial charge on any atom is 0.306 e. The summed E-state index contributed by atoms with van der Waals surface area (Å²) in [7, 11) is 0. The normalized spacial score (nSPS) is 25.2. The number of amides is 1. The lowest BCUT2D eigenvalue weighted by atomic mass is 10.1. The molecule has 1 heterocycles. The molecule has 7 heteroatoms. The van der Waals surface area contributed by atoms with Crippen LogP contribution in [0.15, 0.2) is 30.5 Å². The van der Waals surface area contributed by atoms with Gasteiger partial charge < -0.3 is 10.4 Å². The van der Waals surface area contributed by atoms with Crippen LogP contribution in [0.25, 0.3) is 0 Å². The van der Waals surface area contributed by atoms with Crippen LogP contribution >= 0.6 is 0 Å². The monoisotopic (exact) mass is 354 g/mol. The Morgan fingerprint density at radius 1 is 1.19 bits per heavy atom. The number of nitrogens with zero attached hydrogens (tertiary/aromatic N) is 3. The van der Waals surface area contributed by atoms with Crippen LogP contribution in [0, 0.1) is 12.8 Å². The van der Waals surface area contributed by atoms with E-state index in [-0.39, 0.29) is 18.0 Å². The first kappa shape index (κ1) is 16.8. The number of nitrogens with one attached hydrogen (secondary N) is 1. The van der Waals surface area contributed by atoms with Crippen LogP contribution < -0.4 is 5.32 Å². The summed E-state index contributed by atoms with van der Waals surface area (Å²) in [5, 5.41) is 20.9. The van der Waals surface area contributed by atoms with E-state index in [0.29, 0.717) is 24.3 Å². The number of aryl methyl sites for hydroxylation is 1. The van der Waals surface area contributed by atoms with Crippen molar-refractivity contribution >= 4 is 11.9 Å². The van der Waals surface area contributed by atoms with Gasteiger partial charge in [0.25, 0.3) is 5.91 Å². The third kappa shape index (κ3) is 3.34. The predicted molar refractivity (Wildman–Crippen MR) is 93.8 cm³/mol. The highest BCUT2D eigenvalue weighted by atomic mass is 16.4. The van der Waals surface area contributed by atoms with Gasteiger partial charge in [-0.3, -0.25) is 9.59 Å². The second kappa shape index (κ2) is 6.55. The van der Waals surface area contributed by atoms with Gasteiger partial charge in [-0.1, -0.05) is 22.9 Å². The number of hydrogen-bond donors (Lipinski definition) is 2. The van der Waals surface area contributed by atoms with Gasteiger partial charge in [0.1, 0.15) is 0 Å². The van der Waals surface area contributed by atoms with E-state index in [9.17, 15) is 14.7 Å². The van der Waals surface area contributed by atoms with Crippen LogP contribution in [0.2, 0.25) is 0 Å². The standard InChI is InChI=1S/C19H22N4O3/c1-11-2-4-13(5-3-11)18(24)20-15-8-14(19(25)26)9-17(15)23-10-16(21-22-23)12-6-7-12/h2-5,10,12,14-15,17H,6-9H2,1H3,(H,20,24)(H,25,26)/t14?,15-,17+/m1/s1. The molecule has 1 amide bonds. The fourth-order valence-corrected chi connectivity index (χ4v) is 3.64. The SMILES string of the molecule is Cc1ccc(C(=O)N[C@@H]2CC(C(=O)O)C[C@@H]2n2cc(C3CC3)nn2)cc1. The van der Waals surface area contributed by atoms with Crippen LogP contribution in [0.3, 0.4) is 0 Å². The lowest BCUT2D eigenvalue weighted by molar-refractivity contribution is -0.141. The summed E-state index contributed by atoms with van der Waals surface area (Å²) in [6.07, 6.45) is 5.03. The molecule has 3 atom stereocenters. The van der Waals surface area contributed by atoms with Gasteiger partial charge in [0.15, 0.2) is 0 Å². The largest absolute Gasteiger partial charge is 0.481 e. The van der Waals surface area contributed by atoms with Gasteiger partial charge >= 0.3 is 5.97 Å². The van der Waals surface area contributed by atoms with Crippen LogP contribution in [-0.2, 0) is 4.79 Å². The molecule has 4 rings (SSSR count). The molecular formula is C19H22N4O3. The highest BCUT2D eigenvalue weighted by molar-refractivity contribution is 5.94. The van der Waals surface area contributed by atoms with Crippen molar-refractivity contribution in [2.45, 2.75) is 50.6 Å². The van der Waals surface area contributed by atoms with Gasteiger partial charge in [-0.2, -0.15) is 0 Å². The summed E-state index contributed by atoms with van der Waals surface area (Å²) in [4.78, 5) is 24.1. The van der Waals surface area contributed by atoms with Crippen molar-refractivity contribution in [3.8, 4) is 0 Å². The number of aromatic nitrogens is 3. The Hall–Kier alpha value is -2.70. The summed E-state index contributed by atoms with van der Waals surface area (Å²) < 4.78 is 1.75. The smallest absolute Gasteiger partial charge is 0.306 e. The predicted octanol–water partition coefficient (Wildman–Crippen LogP) is 2.30. The topological polar surface area (TPSA) is 97.1 Å². The van der Waals surface area contributed by atoms with E-state index in [1.54, 1.807) is 16.8 Å². The Bertz CT molecular complexity index is 826. The average molecular weight is 354 g/mol. The molecule has 7 nitrogen and oxygen atoms in total. The van der Waals surface area contributed by atoms with Crippen molar-refractivity contribution in [1.82, 2.24) is 20.3 Å². The molecule has 2 aliphatic carbocycles. The van der Waals surface area contributed by atoms with E-state index in [1.807, 2.05) is 25.3 Å². The van der Waals surface area contributed by atoms with E-state index in [0.717, 1.165) is 24.1 Å². The molecule has 0 saturated heterocycles. The molecule has 2 aromatic rings. The highest BCUT2D eigenvalue weighted by Gasteiger charge is 2.41. The summed E-state index contributed by atoms with van der Waals surface area (Å²) in [5.41, 5.74) is 2.62. The van der Waals surface area contributed by atoms with Gasteiger partial charge in [0, 0.05) is 17.7 Å². The molecule has 0 radical (unpaired) electrons. The van der Waals surface area contributed by atoms with Crippen molar-refractivity contribution in [3.63, 3.8) is 0 Å². The molecule has 0 spiro atoms. The molecule has 0 aliphatic heterocycles. The Balaban J connectivity index is 1.53. The van der Waals surface area contributed by atoms with Crippen molar-refractivity contribution in [2.24, 2.45) is 5.92 Å². The quantitative estimate of drug-likeness (QED) is 0.859. The van der Waals surface area contributed by atoms with E-state index in [1.165, 1.54) is 0 Å². The van der Waals surface area contributed by atoms with Crippen LogP contribution in [-0.4, -0.2) is 38.0 Å². The number of carbonyl (C=O) groups is 2. The first-order valence-electron chi connectivity index (χ1n) is 9.03. The van der Waals surface area contributed by atoms with E-state index >= 15 is 0 Å². The van der Waals surface area contributed by atoms with Crippen molar-refractivity contribution in [2.75, 3.05) is 0 Å². The minimum Gasteiger partial charge on any atom is -0.481 e. The van der Waals surface area contributed by atoms with E-state index in [2.05, 4.69) is 15.6 Å². The Kier molecular flexibility index (Phi) is 4.22. The van der Waals surface area contributed by atoms with Crippen molar-refractivity contribution < 1.29 is 14.7 Å². The van der Waals surface area contributed by atoms with Gasteiger partial charge in [-0.15, -0.1) is 5.10 Å². The molecule has 2 saturated carbocycles. The summed E-state index contributed by atoms with van der Waals surface area (Å²) in [6.45, 7) is 1.97.